The Kier molecular flexibility index (Phi) is 5.68. The molecule has 5 nitrogen and oxygen atoms in total. The van der Waals surface area contributed by atoms with Crippen LogP contribution in [0.15, 0.2) is 17.6 Å². The van der Waals surface area contributed by atoms with Crippen molar-refractivity contribution in [2.45, 2.75) is 49.6 Å². The largest absolute Gasteiger partial charge is 0.480 e. The normalized spacial score (nSPS) is 16.2. The van der Waals surface area contributed by atoms with Crippen molar-refractivity contribution in [3.8, 4) is 0 Å². The minimum Gasteiger partial charge on any atom is -0.480 e. The molecule has 0 fully saturated rings. The van der Waals surface area contributed by atoms with Crippen molar-refractivity contribution in [1.29, 1.82) is 0 Å². The summed E-state index contributed by atoms with van der Waals surface area (Å²) in [6.45, 7) is 6.49. The summed E-state index contributed by atoms with van der Waals surface area (Å²) in [7, 11) is 0. The second kappa shape index (κ2) is 6.80. The van der Waals surface area contributed by atoms with E-state index in [9.17, 15) is 9.90 Å². The van der Waals surface area contributed by atoms with Gasteiger partial charge in [-0.25, -0.2) is 4.98 Å². The van der Waals surface area contributed by atoms with Gasteiger partial charge in [0.15, 0.2) is 5.16 Å². The van der Waals surface area contributed by atoms with Gasteiger partial charge in [-0.05, 0) is 26.3 Å². The van der Waals surface area contributed by atoms with E-state index < -0.39 is 11.5 Å². The molecule has 1 heterocycles. The van der Waals surface area contributed by atoms with Gasteiger partial charge >= 0.3 is 5.97 Å². The van der Waals surface area contributed by atoms with Crippen LogP contribution in [-0.4, -0.2) is 38.4 Å². The third kappa shape index (κ3) is 4.34. The first-order valence-electron chi connectivity index (χ1n) is 6.12. The van der Waals surface area contributed by atoms with Gasteiger partial charge in [0.05, 0.1) is 0 Å². The number of hydrogen-bond acceptors (Lipinski definition) is 4. The van der Waals surface area contributed by atoms with Crippen molar-refractivity contribution < 1.29 is 9.90 Å². The number of rotatable bonds is 8. The van der Waals surface area contributed by atoms with Crippen molar-refractivity contribution >= 4 is 17.7 Å². The Morgan fingerprint density at radius 2 is 2.44 bits per heavy atom. The van der Waals surface area contributed by atoms with Gasteiger partial charge in [-0.2, -0.15) is 0 Å². The first kappa shape index (κ1) is 15.0. The Morgan fingerprint density at radius 1 is 1.72 bits per heavy atom. The summed E-state index contributed by atoms with van der Waals surface area (Å²) in [6, 6.07) is 0. The molecule has 102 valence electrons. The fourth-order valence-electron chi connectivity index (χ4n) is 1.76. The molecular weight excluding hydrogens is 250 g/mol. The standard InChI is InChI=1S/C12H21N3O2S/c1-4-5-15-12(3,10(16)17)8-9(2)18-11-13-6-7-14-11/h6-7,9,15H,4-5,8H2,1-3H3,(H,13,14)(H,16,17). The highest BCUT2D eigenvalue weighted by Crippen LogP contribution is 2.26. The summed E-state index contributed by atoms with van der Waals surface area (Å²) >= 11 is 1.56. The zero-order chi connectivity index (χ0) is 13.6. The van der Waals surface area contributed by atoms with Crippen LogP contribution in [0, 0.1) is 0 Å². The molecule has 0 aromatic carbocycles. The molecule has 0 bridgehead atoms. The summed E-state index contributed by atoms with van der Waals surface area (Å²) in [4.78, 5) is 18.5. The first-order chi connectivity index (χ1) is 8.48. The van der Waals surface area contributed by atoms with Crippen LogP contribution >= 0.6 is 11.8 Å². The molecular formula is C12H21N3O2S. The molecule has 0 radical (unpaired) electrons. The lowest BCUT2D eigenvalue weighted by Gasteiger charge is -2.28. The van der Waals surface area contributed by atoms with E-state index in [0.29, 0.717) is 13.0 Å². The third-order valence-corrected chi connectivity index (χ3v) is 3.73. The first-order valence-corrected chi connectivity index (χ1v) is 7.00. The molecule has 0 saturated carbocycles. The third-order valence-electron chi connectivity index (χ3n) is 2.72. The Bertz CT molecular complexity index is 369. The lowest BCUT2D eigenvalue weighted by Crippen LogP contribution is -2.51. The highest BCUT2D eigenvalue weighted by Gasteiger charge is 2.34. The van der Waals surface area contributed by atoms with Crippen LogP contribution in [0.3, 0.4) is 0 Å². The lowest BCUT2D eigenvalue weighted by molar-refractivity contribution is -0.144. The number of hydrogen-bond donors (Lipinski definition) is 3. The maximum atomic E-state index is 11.4. The monoisotopic (exact) mass is 271 g/mol. The molecule has 0 spiro atoms. The quantitative estimate of drug-likeness (QED) is 0.631. The highest BCUT2D eigenvalue weighted by molar-refractivity contribution is 7.99. The second-order valence-corrected chi connectivity index (χ2v) is 6.02. The van der Waals surface area contributed by atoms with E-state index in [1.807, 2.05) is 13.8 Å². The van der Waals surface area contributed by atoms with Crippen molar-refractivity contribution in [2.75, 3.05) is 6.54 Å². The van der Waals surface area contributed by atoms with Crippen LogP contribution in [0.4, 0.5) is 0 Å². The Labute approximate surface area is 112 Å². The van der Waals surface area contributed by atoms with Gasteiger partial charge in [-0.15, -0.1) is 0 Å². The van der Waals surface area contributed by atoms with Gasteiger partial charge in [0, 0.05) is 17.6 Å². The van der Waals surface area contributed by atoms with Crippen LogP contribution in [0.5, 0.6) is 0 Å². The van der Waals surface area contributed by atoms with E-state index in [1.165, 1.54) is 0 Å². The fraction of sp³-hybridized carbons (Fsp3) is 0.667. The summed E-state index contributed by atoms with van der Waals surface area (Å²) in [5, 5.41) is 13.4. The van der Waals surface area contributed by atoms with E-state index in [-0.39, 0.29) is 5.25 Å². The molecule has 1 rings (SSSR count). The number of imidazole rings is 1. The van der Waals surface area contributed by atoms with Crippen molar-refractivity contribution in [1.82, 2.24) is 15.3 Å². The van der Waals surface area contributed by atoms with Crippen LogP contribution in [-0.2, 0) is 4.79 Å². The van der Waals surface area contributed by atoms with Gasteiger partial charge < -0.3 is 15.4 Å². The molecule has 0 aliphatic carbocycles. The topological polar surface area (TPSA) is 78.0 Å². The number of aromatic amines is 1. The summed E-state index contributed by atoms with van der Waals surface area (Å²) in [6.07, 6.45) is 4.93. The number of carbonyl (C=O) groups is 1. The number of thioether (sulfide) groups is 1. The van der Waals surface area contributed by atoms with Gasteiger partial charge in [0.25, 0.3) is 0 Å². The number of carboxylic acids is 1. The molecule has 2 atom stereocenters. The predicted molar refractivity (Wildman–Crippen MR) is 72.9 cm³/mol. The Balaban J connectivity index is 2.57. The van der Waals surface area contributed by atoms with Gasteiger partial charge in [0.2, 0.25) is 0 Å². The van der Waals surface area contributed by atoms with Crippen molar-refractivity contribution in [3.63, 3.8) is 0 Å². The highest BCUT2D eigenvalue weighted by atomic mass is 32.2. The van der Waals surface area contributed by atoms with E-state index in [4.69, 9.17) is 0 Å². The zero-order valence-corrected chi connectivity index (χ0v) is 11.9. The molecule has 0 saturated heterocycles. The average Bonchev–Trinajstić information content (AvgIpc) is 2.78. The minimum absolute atomic E-state index is 0.168. The molecule has 1 aromatic heterocycles. The summed E-state index contributed by atoms with van der Waals surface area (Å²) < 4.78 is 0. The molecule has 18 heavy (non-hydrogen) atoms. The van der Waals surface area contributed by atoms with Crippen LogP contribution in [0.25, 0.3) is 0 Å². The molecule has 0 amide bonds. The second-order valence-electron chi connectivity index (χ2n) is 4.59. The number of aliphatic carboxylic acids is 1. The average molecular weight is 271 g/mol. The molecule has 1 aromatic rings. The summed E-state index contributed by atoms with van der Waals surface area (Å²) in [5.74, 6) is -0.803. The minimum atomic E-state index is -0.880. The SMILES string of the molecule is CCCNC(C)(CC(C)Sc1ncc[nH]1)C(=O)O. The fourth-order valence-corrected chi connectivity index (χ4v) is 2.81. The Morgan fingerprint density at radius 3 is 2.94 bits per heavy atom. The van der Waals surface area contributed by atoms with Crippen LogP contribution < -0.4 is 5.32 Å². The number of nitrogens with zero attached hydrogens (tertiary/aromatic N) is 1. The molecule has 6 heteroatoms. The maximum absolute atomic E-state index is 11.4. The molecule has 0 aliphatic rings. The maximum Gasteiger partial charge on any atom is 0.323 e. The molecule has 2 unspecified atom stereocenters. The number of carboxylic acid groups (broad SMARTS) is 1. The Hall–Kier alpha value is -1.01. The van der Waals surface area contributed by atoms with E-state index in [2.05, 4.69) is 15.3 Å². The molecule has 3 N–H and O–H groups in total. The van der Waals surface area contributed by atoms with E-state index in [0.717, 1.165) is 11.6 Å². The smallest absolute Gasteiger partial charge is 0.323 e. The van der Waals surface area contributed by atoms with E-state index >= 15 is 0 Å². The van der Waals surface area contributed by atoms with Crippen molar-refractivity contribution in [2.24, 2.45) is 0 Å². The lowest BCUT2D eigenvalue weighted by atomic mass is 9.96. The number of aromatic nitrogens is 2. The van der Waals surface area contributed by atoms with Crippen LogP contribution in [0.2, 0.25) is 0 Å². The van der Waals surface area contributed by atoms with Gasteiger partial charge in [0.1, 0.15) is 5.54 Å². The number of H-pyrrole nitrogens is 1. The summed E-state index contributed by atoms with van der Waals surface area (Å²) in [5.41, 5.74) is -0.880. The number of nitrogens with one attached hydrogen (secondary N) is 2. The zero-order valence-electron chi connectivity index (χ0n) is 11.1. The van der Waals surface area contributed by atoms with Crippen LogP contribution in [0.1, 0.15) is 33.6 Å². The van der Waals surface area contributed by atoms with Gasteiger partial charge in [-0.3, -0.25) is 4.79 Å². The van der Waals surface area contributed by atoms with E-state index in [1.54, 1.807) is 31.1 Å². The van der Waals surface area contributed by atoms with Gasteiger partial charge in [-0.1, -0.05) is 25.6 Å². The molecule has 0 aliphatic heterocycles. The predicted octanol–water partition coefficient (Wildman–Crippen LogP) is 2.12. The van der Waals surface area contributed by atoms with Crippen molar-refractivity contribution in [3.05, 3.63) is 12.4 Å².